The van der Waals surface area contributed by atoms with E-state index in [2.05, 4.69) is 38.4 Å². The van der Waals surface area contributed by atoms with Crippen LogP contribution in [0.4, 0.5) is 5.69 Å². The van der Waals surface area contributed by atoms with E-state index < -0.39 is 0 Å². The van der Waals surface area contributed by atoms with Crippen LogP contribution in [0.15, 0.2) is 46.9 Å². The molecular weight excluding hydrogens is 420 g/mol. The van der Waals surface area contributed by atoms with Crippen molar-refractivity contribution >= 4 is 50.5 Å². The van der Waals surface area contributed by atoms with Gasteiger partial charge >= 0.3 is 0 Å². The molecule has 0 aliphatic heterocycles. The number of nitrogens with zero attached hydrogens (tertiary/aromatic N) is 1. The highest BCUT2D eigenvalue weighted by Gasteiger charge is 2.15. The second kappa shape index (κ2) is 7.68. The van der Waals surface area contributed by atoms with Crippen molar-refractivity contribution in [2.45, 2.75) is 20.3 Å². The van der Waals surface area contributed by atoms with Crippen molar-refractivity contribution in [2.24, 2.45) is 0 Å². The number of hydrogen-bond donors (Lipinski definition) is 1. The molecule has 3 aromatic rings. The van der Waals surface area contributed by atoms with Crippen molar-refractivity contribution in [3.8, 4) is 11.3 Å². The Balaban J connectivity index is 1.81. The summed E-state index contributed by atoms with van der Waals surface area (Å²) in [7, 11) is 0. The van der Waals surface area contributed by atoms with Gasteiger partial charge in [-0.1, -0.05) is 57.4 Å². The van der Waals surface area contributed by atoms with Crippen LogP contribution in [-0.2, 0) is 11.2 Å². The zero-order valence-corrected chi connectivity index (χ0v) is 16.9. The molecule has 0 aliphatic carbocycles. The summed E-state index contributed by atoms with van der Waals surface area (Å²) in [6.07, 6.45) is 0.265. The number of anilines is 1. The van der Waals surface area contributed by atoms with Crippen LogP contribution < -0.4 is 5.32 Å². The smallest absolute Gasteiger partial charge is 0.229 e. The molecular formula is C19H16BrClN2OS. The fourth-order valence-corrected chi connectivity index (χ4v) is 4.13. The molecule has 0 fully saturated rings. The zero-order valence-electron chi connectivity index (χ0n) is 13.8. The maximum Gasteiger partial charge on any atom is 0.229 e. The van der Waals surface area contributed by atoms with E-state index in [1.165, 1.54) is 5.56 Å². The van der Waals surface area contributed by atoms with Crippen molar-refractivity contribution in [1.82, 2.24) is 4.98 Å². The Morgan fingerprint density at radius 2 is 1.92 bits per heavy atom. The van der Waals surface area contributed by atoms with Crippen LogP contribution in [0.25, 0.3) is 11.3 Å². The van der Waals surface area contributed by atoms with Gasteiger partial charge in [0, 0.05) is 14.9 Å². The first-order chi connectivity index (χ1) is 11.9. The highest BCUT2D eigenvalue weighted by Crippen LogP contribution is 2.30. The number of nitrogens with one attached hydrogen (secondary N) is 1. The highest BCUT2D eigenvalue weighted by molar-refractivity contribution is 9.10. The van der Waals surface area contributed by atoms with Crippen LogP contribution >= 0.6 is 38.9 Å². The molecule has 3 rings (SSSR count). The molecule has 0 saturated heterocycles. The maximum atomic E-state index is 12.5. The Bertz CT molecular complexity index is 922. The van der Waals surface area contributed by atoms with Gasteiger partial charge in [0.25, 0.3) is 0 Å². The Morgan fingerprint density at radius 1 is 1.20 bits per heavy atom. The molecule has 0 unspecified atom stereocenters. The number of halogens is 2. The van der Waals surface area contributed by atoms with Crippen molar-refractivity contribution in [2.75, 3.05) is 5.32 Å². The number of rotatable bonds is 4. The summed E-state index contributed by atoms with van der Waals surface area (Å²) in [6.45, 7) is 4.00. The van der Waals surface area contributed by atoms with Crippen molar-refractivity contribution in [3.63, 3.8) is 0 Å². The standard InChI is InChI=1S/C19H16BrClN2OS/c1-11-3-5-13(6-4-11)19-17(25-12(2)22-19)10-18(24)23-16-8-7-14(20)9-15(16)21/h3-9H,10H2,1-2H3,(H,23,24). The molecule has 0 saturated carbocycles. The predicted molar refractivity (Wildman–Crippen MR) is 109 cm³/mol. The van der Waals surface area contributed by atoms with E-state index in [0.29, 0.717) is 10.7 Å². The molecule has 3 nitrogen and oxygen atoms in total. The molecule has 0 aliphatic rings. The Labute approximate surface area is 164 Å². The third-order valence-corrected chi connectivity index (χ3v) is 5.43. The number of amides is 1. The lowest BCUT2D eigenvalue weighted by Gasteiger charge is -2.08. The Morgan fingerprint density at radius 3 is 2.60 bits per heavy atom. The summed E-state index contributed by atoms with van der Waals surface area (Å²) in [5.41, 5.74) is 3.70. The van der Waals surface area contributed by atoms with E-state index in [0.717, 1.165) is 25.6 Å². The number of hydrogen-bond acceptors (Lipinski definition) is 3. The molecule has 128 valence electrons. The topological polar surface area (TPSA) is 42.0 Å². The largest absolute Gasteiger partial charge is 0.324 e. The molecule has 6 heteroatoms. The summed E-state index contributed by atoms with van der Waals surface area (Å²) >= 11 is 11.1. The summed E-state index contributed by atoms with van der Waals surface area (Å²) in [4.78, 5) is 18.0. The number of carbonyl (C=O) groups is 1. The molecule has 1 N–H and O–H groups in total. The molecule has 0 atom stereocenters. The van der Waals surface area contributed by atoms with Crippen LogP contribution in [0.1, 0.15) is 15.4 Å². The van der Waals surface area contributed by atoms with Crippen LogP contribution in [0.2, 0.25) is 5.02 Å². The second-order valence-corrected chi connectivity index (χ2v) is 8.33. The van der Waals surface area contributed by atoms with Gasteiger partial charge in [-0.05, 0) is 32.0 Å². The maximum absolute atomic E-state index is 12.5. The minimum absolute atomic E-state index is 0.110. The van der Waals surface area contributed by atoms with Gasteiger partial charge in [-0.25, -0.2) is 4.98 Å². The first-order valence-corrected chi connectivity index (χ1v) is 9.69. The lowest BCUT2D eigenvalue weighted by Crippen LogP contribution is -2.14. The first-order valence-electron chi connectivity index (χ1n) is 7.70. The van der Waals surface area contributed by atoms with Gasteiger partial charge in [0.1, 0.15) is 0 Å². The number of aryl methyl sites for hydroxylation is 2. The fraction of sp³-hybridized carbons (Fsp3) is 0.158. The fourth-order valence-electron chi connectivity index (χ4n) is 2.46. The molecule has 0 radical (unpaired) electrons. The predicted octanol–water partition coefficient (Wildman–Crippen LogP) is 6.02. The van der Waals surface area contributed by atoms with Crippen LogP contribution in [0.3, 0.4) is 0 Å². The van der Waals surface area contributed by atoms with E-state index in [4.69, 9.17) is 11.6 Å². The van der Waals surface area contributed by atoms with Crippen molar-refractivity contribution in [1.29, 1.82) is 0 Å². The van der Waals surface area contributed by atoms with E-state index in [9.17, 15) is 4.79 Å². The molecule has 2 aromatic carbocycles. The highest BCUT2D eigenvalue weighted by atomic mass is 79.9. The third-order valence-electron chi connectivity index (χ3n) is 3.66. The molecule has 1 amide bonds. The summed E-state index contributed by atoms with van der Waals surface area (Å²) in [5, 5.41) is 4.32. The quantitative estimate of drug-likeness (QED) is 0.544. The average Bonchev–Trinajstić information content (AvgIpc) is 2.91. The average molecular weight is 436 g/mol. The number of carbonyl (C=O) groups excluding carboxylic acids is 1. The normalized spacial score (nSPS) is 10.7. The Kier molecular flexibility index (Phi) is 5.57. The molecule has 0 spiro atoms. The van der Waals surface area contributed by atoms with Gasteiger partial charge in [0.05, 0.1) is 27.8 Å². The van der Waals surface area contributed by atoms with Gasteiger partial charge in [-0.3, -0.25) is 4.79 Å². The van der Waals surface area contributed by atoms with Crippen LogP contribution in [0, 0.1) is 13.8 Å². The lowest BCUT2D eigenvalue weighted by atomic mass is 10.1. The molecule has 0 bridgehead atoms. The van der Waals surface area contributed by atoms with E-state index >= 15 is 0 Å². The third kappa shape index (κ3) is 4.48. The zero-order chi connectivity index (χ0) is 18.0. The molecule has 1 heterocycles. The van der Waals surface area contributed by atoms with Crippen molar-refractivity contribution in [3.05, 3.63) is 67.4 Å². The summed E-state index contributed by atoms with van der Waals surface area (Å²) < 4.78 is 0.871. The monoisotopic (exact) mass is 434 g/mol. The minimum Gasteiger partial charge on any atom is -0.324 e. The number of benzene rings is 2. The van der Waals surface area contributed by atoms with E-state index in [1.54, 1.807) is 23.5 Å². The number of thiazole rings is 1. The summed E-state index contributed by atoms with van der Waals surface area (Å²) in [5.74, 6) is -0.110. The lowest BCUT2D eigenvalue weighted by molar-refractivity contribution is -0.115. The first kappa shape index (κ1) is 18.1. The van der Waals surface area contributed by atoms with Crippen molar-refractivity contribution < 1.29 is 4.79 Å². The molecule has 1 aromatic heterocycles. The van der Waals surface area contributed by atoms with Gasteiger partial charge in [-0.2, -0.15) is 0 Å². The van der Waals surface area contributed by atoms with E-state index in [1.807, 2.05) is 32.0 Å². The Hall–Kier alpha value is -1.69. The van der Waals surface area contributed by atoms with Gasteiger partial charge in [-0.15, -0.1) is 11.3 Å². The van der Waals surface area contributed by atoms with Gasteiger partial charge < -0.3 is 5.32 Å². The minimum atomic E-state index is -0.110. The summed E-state index contributed by atoms with van der Waals surface area (Å²) in [6, 6.07) is 13.6. The van der Waals surface area contributed by atoms with Crippen LogP contribution in [-0.4, -0.2) is 10.9 Å². The van der Waals surface area contributed by atoms with Gasteiger partial charge in [0.2, 0.25) is 5.91 Å². The second-order valence-electron chi connectivity index (χ2n) is 5.72. The SMILES string of the molecule is Cc1ccc(-c2nc(C)sc2CC(=O)Nc2ccc(Br)cc2Cl)cc1. The molecule has 25 heavy (non-hydrogen) atoms. The van der Waals surface area contributed by atoms with Crippen LogP contribution in [0.5, 0.6) is 0 Å². The number of aromatic nitrogens is 1. The van der Waals surface area contributed by atoms with Gasteiger partial charge in [0.15, 0.2) is 0 Å². The van der Waals surface area contributed by atoms with E-state index in [-0.39, 0.29) is 12.3 Å².